The molecule has 3 heteroatoms. The van der Waals surface area contributed by atoms with Gasteiger partial charge in [0.25, 0.3) is 0 Å². The van der Waals surface area contributed by atoms with Gasteiger partial charge in [-0.2, -0.15) is 0 Å². The molecule has 0 amide bonds. The van der Waals surface area contributed by atoms with Gasteiger partial charge in [0.05, 0.1) is 12.1 Å². The minimum atomic E-state index is 0.00833. The van der Waals surface area contributed by atoms with E-state index in [4.69, 9.17) is 0 Å². The Bertz CT molecular complexity index is 345. The first-order valence-corrected chi connectivity index (χ1v) is 7.93. The molecule has 0 aliphatic carbocycles. The predicted molar refractivity (Wildman–Crippen MR) is 83.3 cm³/mol. The number of nitrogens with zero attached hydrogens (tertiary/aromatic N) is 2. The minimum Gasteiger partial charge on any atom is -0.365 e. The van der Waals surface area contributed by atoms with E-state index in [9.17, 15) is 4.79 Å². The molecule has 0 aromatic rings. The number of rotatable bonds is 4. The molecule has 112 valence electrons. The van der Waals surface area contributed by atoms with E-state index in [2.05, 4.69) is 36.8 Å². The van der Waals surface area contributed by atoms with Gasteiger partial charge >= 0.3 is 0 Å². The van der Waals surface area contributed by atoms with Crippen molar-refractivity contribution in [3.63, 3.8) is 0 Å². The molecule has 0 aromatic heterocycles. The molecule has 2 aliphatic rings. The van der Waals surface area contributed by atoms with Crippen LogP contribution < -0.4 is 0 Å². The lowest BCUT2D eigenvalue weighted by atomic mass is 9.86. The van der Waals surface area contributed by atoms with Crippen LogP contribution in [0, 0.1) is 0 Å². The molecular formula is C17H28N2O. The van der Waals surface area contributed by atoms with Gasteiger partial charge in [-0.3, -0.25) is 4.79 Å². The molecule has 4 unspecified atom stereocenters. The summed E-state index contributed by atoms with van der Waals surface area (Å²) in [6.07, 6.45) is 10.2. The van der Waals surface area contributed by atoms with Gasteiger partial charge in [0.2, 0.25) is 0 Å². The van der Waals surface area contributed by atoms with Crippen molar-refractivity contribution < 1.29 is 4.79 Å². The van der Waals surface area contributed by atoms with Gasteiger partial charge in [-0.1, -0.05) is 13.2 Å². The Labute approximate surface area is 123 Å². The molecule has 2 fully saturated rings. The number of carbonyl (C=O) groups excluding carboxylic acids is 1. The Hall–Kier alpha value is -1.25. The maximum Gasteiger partial charge on any atom is 0.177 e. The van der Waals surface area contributed by atoms with Crippen LogP contribution in [0.5, 0.6) is 0 Å². The normalized spacial score (nSPS) is 34.7. The SMILES string of the molecule is C=CN1C(C)CCCC1C(=O)C1CCCC(C)N1C=C. The Morgan fingerprint density at radius 2 is 1.30 bits per heavy atom. The average molecular weight is 276 g/mol. The van der Waals surface area contributed by atoms with Crippen molar-refractivity contribution in [3.05, 3.63) is 25.6 Å². The van der Waals surface area contributed by atoms with Gasteiger partial charge in [0.15, 0.2) is 5.78 Å². The summed E-state index contributed by atoms with van der Waals surface area (Å²) < 4.78 is 0. The molecule has 4 atom stereocenters. The molecule has 0 saturated carbocycles. The van der Waals surface area contributed by atoms with Crippen LogP contribution in [0.4, 0.5) is 0 Å². The van der Waals surface area contributed by atoms with E-state index < -0.39 is 0 Å². The summed E-state index contributed by atoms with van der Waals surface area (Å²) in [5, 5.41) is 0. The number of hydrogen-bond donors (Lipinski definition) is 0. The first-order chi connectivity index (χ1) is 9.60. The van der Waals surface area contributed by atoms with Crippen molar-refractivity contribution in [1.82, 2.24) is 9.80 Å². The van der Waals surface area contributed by atoms with E-state index in [0.717, 1.165) is 38.5 Å². The maximum atomic E-state index is 13.0. The first kappa shape index (κ1) is 15.1. The van der Waals surface area contributed by atoms with Gasteiger partial charge in [-0.15, -0.1) is 0 Å². The fraction of sp³-hybridized carbons (Fsp3) is 0.706. The van der Waals surface area contributed by atoms with Crippen molar-refractivity contribution in [2.75, 3.05) is 0 Å². The van der Waals surface area contributed by atoms with E-state index in [-0.39, 0.29) is 12.1 Å². The summed E-state index contributed by atoms with van der Waals surface area (Å²) in [4.78, 5) is 17.3. The Morgan fingerprint density at radius 1 is 0.900 bits per heavy atom. The van der Waals surface area contributed by atoms with Gasteiger partial charge in [0.1, 0.15) is 0 Å². The van der Waals surface area contributed by atoms with Crippen LogP contribution in [0.1, 0.15) is 52.4 Å². The molecule has 0 N–H and O–H groups in total. The number of hydrogen-bond acceptors (Lipinski definition) is 3. The highest BCUT2D eigenvalue weighted by atomic mass is 16.1. The third-order valence-corrected chi connectivity index (χ3v) is 5.02. The van der Waals surface area contributed by atoms with E-state index in [1.165, 1.54) is 0 Å². The van der Waals surface area contributed by atoms with Crippen molar-refractivity contribution >= 4 is 5.78 Å². The predicted octanol–water partition coefficient (Wildman–Crippen LogP) is 3.33. The van der Waals surface area contributed by atoms with Crippen LogP contribution in [0.15, 0.2) is 25.6 Å². The smallest absolute Gasteiger partial charge is 0.177 e. The van der Waals surface area contributed by atoms with Crippen molar-refractivity contribution in [2.45, 2.75) is 76.5 Å². The molecular weight excluding hydrogens is 248 g/mol. The standard InChI is InChI=1S/C17H28N2O/c1-5-18-13(3)9-7-11-15(18)17(20)16-12-8-10-14(4)19(16)6-2/h5-6,13-16H,1-2,7-12H2,3-4H3. The largest absolute Gasteiger partial charge is 0.365 e. The highest BCUT2D eigenvalue weighted by molar-refractivity contribution is 5.89. The van der Waals surface area contributed by atoms with Gasteiger partial charge in [0, 0.05) is 12.1 Å². The van der Waals surface area contributed by atoms with E-state index in [1.54, 1.807) is 0 Å². The highest BCUT2D eigenvalue weighted by Crippen LogP contribution is 2.29. The Balaban J connectivity index is 2.16. The quantitative estimate of drug-likeness (QED) is 0.787. The van der Waals surface area contributed by atoms with E-state index in [1.807, 2.05) is 12.4 Å². The topological polar surface area (TPSA) is 23.6 Å². The summed E-state index contributed by atoms with van der Waals surface area (Å²) in [5.74, 6) is 0.364. The molecule has 2 saturated heterocycles. The fourth-order valence-electron chi connectivity index (χ4n) is 3.84. The van der Waals surface area contributed by atoms with Crippen LogP contribution >= 0.6 is 0 Å². The lowest BCUT2D eigenvalue weighted by molar-refractivity contribution is -0.131. The van der Waals surface area contributed by atoms with Crippen LogP contribution in [0.3, 0.4) is 0 Å². The monoisotopic (exact) mass is 276 g/mol. The first-order valence-electron chi connectivity index (χ1n) is 7.93. The third kappa shape index (κ3) is 2.77. The molecule has 3 nitrogen and oxygen atoms in total. The third-order valence-electron chi connectivity index (χ3n) is 5.02. The second-order valence-corrected chi connectivity index (χ2v) is 6.25. The minimum absolute atomic E-state index is 0.00833. The molecule has 20 heavy (non-hydrogen) atoms. The summed E-state index contributed by atoms with van der Waals surface area (Å²) in [7, 11) is 0. The zero-order valence-electron chi connectivity index (χ0n) is 12.9. The molecule has 0 radical (unpaired) electrons. The van der Waals surface area contributed by atoms with Crippen LogP contribution in [0.2, 0.25) is 0 Å². The van der Waals surface area contributed by atoms with Crippen molar-refractivity contribution in [2.24, 2.45) is 0 Å². The highest BCUT2D eigenvalue weighted by Gasteiger charge is 2.38. The fourth-order valence-corrected chi connectivity index (χ4v) is 3.84. The zero-order chi connectivity index (χ0) is 14.7. The summed E-state index contributed by atoms with van der Waals surface area (Å²) in [6.45, 7) is 12.2. The maximum absolute atomic E-state index is 13.0. The molecule has 0 aromatic carbocycles. The second-order valence-electron chi connectivity index (χ2n) is 6.25. The molecule has 0 bridgehead atoms. The van der Waals surface area contributed by atoms with Crippen LogP contribution in [-0.4, -0.2) is 39.8 Å². The molecule has 2 rings (SSSR count). The number of likely N-dealkylation sites (tertiary alicyclic amines) is 2. The zero-order valence-corrected chi connectivity index (χ0v) is 12.9. The number of carbonyl (C=O) groups is 1. The van der Waals surface area contributed by atoms with Crippen molar-refractivity contribution in [1.29, 1.82) is 0 Å². The number of ketones is 1. The molecule has 2 aliphatic heterocycles. The summed E-state index contributed by atoms with van der Waals surface area (Å²) >= 11 is 0. The van der Waals surface area contributed by atoms with Crippen LogP contribution in [-0.2, 0) is 4.79 Å². The van der Waals surface area contributed by atoms with Crippen LogP contribution in [0.25, 0.3) is 0 Å². The van der Waals surface area contributed by atoms with Gasteiger partial charge < -0.3 is 9.80 Å². The molecule has 2 heterocycles. The lowest BCUT2D eigenvalue weighted by Crippen LogP contribution is -2.55. The van der Waals surface area contributed by atoms with Gasteiger partial charge in [-0.05, 0) is 64.8 Å². The van der Waals surface area contributed by atoms with Crippen molar-refractivity contribution in [3.8, 4) is 0 Å². The van der Waals surface area contributed by atoms with Gasteiger partial charge in [-0.25, -0.2) is 0 Å². The number of piperidine rings is 2. The lowest BCUT2D eigenvalue weighted by Gasteiger charge is -2.45. The van der Waals surface area contributed by atoms with E-state index in [0.29, 0.717) is 17.9 Å². The summed E-state index contributed by atoms with van der Waals surface area (Å²) in [6, 6.07) is 0.866. The number of Topliss-reactive ketones (excluding diaryl/α,β-unsaturated/α-hetero) is 1. The Kier molecular flexibility index (Phi) is 4.90. The average Bonchev–Trinajstić information content (AvgIpc) is 2.46. The molecule has 0 spiro atoms. The summed E-state index contributed by atoms with van der Waals surface area (Å²) in [5.41, 5.74) is 0. The Morgan fingerprint density at radius 3 is 1.65 bits per heavy atom. The second kappa shape index (κ2) is 6.47. The van der Waals surface area contributed by atoms with E-state index >= 15 is 0 Å².